The Morgan fingerprint density at radius 1 is 1.26 bits per heavy atom. The molecule has 0 aliphatic heterocycles. The van der Waals surface area contributed by atoms with Gasteiger partial charge >= 0.3 is 5.76 Å². The molecule has 182 valence electrons. The second-order valence-corrected chi connectivity index (χ2v) is 10.5. The average molecular weight is 493 g/mol. The van der Waals surface area contributed by atoms with Crippen LogP contribution in [0.25, 0.3) is 0 Å². The lowest BCUT2D eigenvalue weighted by molar-refractivity contribution is -0.123. The van der Waals surface area contributed by atoms with Crippen molar-refractivity contribution in [1.29, 1.82) is 5.26 Å². The molecule has 1 amide bonds. The van der Waals surface area contributed by atoms with Crippen LogP contribution in [-0.4, -0.2) is 35.6 Å². The molecule has 1 saturated carbocycles. The topological polar surface area (TPSA) is 136 Å². The van der Waals surface area contributed by atoms with E-state index in [1.54, 1.807) is 10.9 Å². The number of carbonyl (C=O) groups is 2. The molecule has 1 heterocycles. The number of rotatable bonds is 9. The summed E-state index contributed by atoms with van der Waals surface area (Å²) in [5, 5.41) is 13.4. The molecular weight excluding hydrogens is 466 g/mol. The first-order valence-electron chi connectivity index (χ1n) is 10.9. The van der Waals surface area contributed by atoms with Crippen molar-refractivity contribution in [3.05, 3.63) is 47.3 Å². The standard InChI is InChI=1S/C23H26F2N4O4S/c1-2-23(10-7-16(8-11-23)20(30)9-12-26)29-14-18(21(27)31)19(28-29)13-15-3-5-17(6-4-15)34(32,33)22(24)25/h3-6,14,16,22H,2,7-11,13H2,1H3,(H2,27,31). The molecule has 8 nitrogen and oxygen atoms in total. The Labute approximate surface area is 196 Å². The number of hydrogen-bond acceptors (Lipinski definition) is 6. The van der Waals surface area contributed by atoms with Crippen LogP contribution >= 0.6 is 0 Å². The molecule has 0 atom stereocenters. The second-order valence-electron chi connectivity index (χ2n) is 8.58. The van der Waals surface area contributed by atoms with Gasteiger partial charge in [0.05, 0.1) is 34.2 Å². The number of benzene rings is 1. The number of nitriles is 1. The number of hydrogen-bond donors (Lipinski definition) is 1. The molecule has 2 aromatic rings. The fraction of sp³-hybridized carbons (Fsp3) is 0.478. The normalized spacial score (nSPS) is 20.7. The zero-order valence-electron chi connectivity index (χ0n) is 18.7. The van der Waals surface area contributed by atoms with E-state index in [2.05, 4.69) is 5.10 Å². The number of ketones is 1. The highest BCUT2D eigenvalue weighted by Crippen LogP contribution is 2.41. The molecule has 1 aliphatic rings. The summed E-state index contributed by atoms with van der Waals surface area (Å²) >= 11 is 0. The largest absolute Gasteiger partial charge is 0.365 e. The van der Waals surface area contributed by atoms with Gasteiger partial charge in [0.25, 0.3) is 5.91 Å². The van der Waals surface area contributed by atoms with Gasteiger partial charge in [-0.3, -0.25) is 14.3 Å². The number of halogens is 2. The Hall–Kier alpha value is -3.13. The minimum atomic E-state index is -4.69. The van der Waals surface area contributed by atoms with Gasteiger partial charge in [0.15, 0.2) is 0 Å². The van der Waals surface area contributed by atoms with Crippen molar-refractivity contribution in [2.24, 2.45) is 11.7 Å². The minimum absolute atomic E-state index is 0.0523. The first-order valence-corrected chi connectivity index (χ1v) is 12.5. The van der Waals surface area contributed by atoms with E-state index in [0.29, 0.717) is 43.4 Å². The number of primary amides is 1. The van der Waals surface area contributed by atoms with Crippen molar-refractivity contribution in [1.82, 2.24) is 9.78 Å². The summed E-state index contributed by atoms with van der Waals surface area (Å²) in [6.45, 7) is 2.00. The van der Waals surface area contributed by atoms with Crippen molar-refractivity contribution in [2.75, 3.05) is 0 Å². The first kappa shape index (κ1) is 25.5. The van der Waals surface area contributed by atoms with E-state index in [4.69, 9.17) is 11.0 Å². The van der Waals surface area contributed by atoms with Crippen molar-refractivity contribution in [2.45, 2.75) is 68.1 Å². The van der Waals surface area contributed by atoms with E-state index < -0.39 is 31.9 Å². The smallest absolute Gasteiger partial charge is 0.341 e. The lowest BCUT2D eigenvalue weighted by Gasteiger charge is -2.39. The Bertz CT molecular complexity index is 1210. The number of carbonyl (C=O) groups excluding carboxylic acids is 2. The van der Waals surface area contributed by atoms with E-state index in [1.807, 2.05) is 13.0 Å². The van der Waals surface area contributed by atoms with Crippen LogP contribution < -0.4 is 5.73 Å². The maximum absolute atomic E-state index is 12.8. The highest BCUT2D eigenvalue weighted by molar-refractivity contribution is 7.91. The number of alkyl halides is 2. The van der Waals surface area contributed by atoms with Crippen molar-refractivity contribution in [3.8, 4) is 6.07 Å². The molecule has 34 heavy (non-hydrogen) atoms. The third-order valence-electron chi connectivity index (χ3n) is 6.68. The second kappa shape index (κ2) is 10.0. The highest BCUT2D eigenvalue weighted by atomic mass is 32.2. The van der Waals surface area contributed by atoms with Gasteiger partial charge in [-0.15, -0.1) is 0 Å². The maximum Gasteiger partial charge on any atom is 0.341 e. The van der Waals surface area contributed by atoms with E-state index in [0.717, 1.165) is 12.1 Å². The van der Waals surface area contributed by atoms with Crippen LogP contribution in [0.15, 0.2) is 35.4 Å². The van der Waals surface area contributed by atoms with Gasteiger partial charge in [0, 0.05) is 18.5 Å². The van der Waals surface area contributed by atoms with Crippen LogP contribution in [0, 0.1) is 17.2 Å². The molecule has 0 bridgehead atoms. The monoisotopic (exact) mass is 492 g/mol. The molecular formula is C23H26F2N4O4S. The number of sulfone groups is 1. The van der Waals surface area contributed by atoms with E-state index >= 15 is 0 Å². The van der Waals surface area contributed by atoms with Gasteiger partial charge in [0.1, 0.15) is 5.78 Å². The Morgan fingerprint density at radius 3 is 2.38 bits per heavy atom. The van der Waals surface area contributed by atoms with Crippen molar-refractivity contribution >= 4 is 21.5 Å². The molecule has 1 aromatic heterocycles. The van der Waals surface area contributed by atoms with Gasteiger partial charge in [-0.1, -0.05) is 19.1 Å². The fourth-order valence-electron chi connectivity index (χ4n) is 4.53. The Kier molecular flexibility index (Phi) is 7.51. The summed E-state index contributed by atoms with van der Waals surface area (Å²) < 4.78 is 50.5. The van der Waals surface area contributed by atoms with Gasteiger partial charge in [0.2, 0.25) is 9.84 Å². The highest BCUT2D eigenvalue weighted by Gasteiger charge is 2.39. The van der Waals surface area contributed by atoms with E-state index in [-0.39, 0.29) is 30.1 Å². The SMILES string of the molecule is CCC1(n2cc(C(N)=O)c(Cc3ccc(S(=O)(=O)C(F)F)cc3)n2)CCC(C(=O)CC#N)CC1. The summed E-state index contributed by atoms with van der Waals surface area (Å²) in [6.07, 6.45) is 4.93. The van der Waals surface area contributed by atoms with Crippen LogP contribution in [-0.2, 0) is 26.6 Å². The van der Waals surface area contributed by atoms with Crippen molar-refractivity contribution in [3.63, 3.8) is 0 Å². The summed E-state index contributed by atoms with van der Waals surface area (Å²) in [5.41, 5.74) is 6.37. The number of Topliss-reactive ketones (excluding diaryl/α,β-unsaturated/α-hetero) is 1. The van der Waals surface area contributed by atoms with Gasteiger partial charge in [-0.25, -0.2) is 8.42 Å². The number of nitrogens with zero attached hydrogens (tertiary/aromatic N) is 3. The predicted molar refractivity (Wildman–Crippen MR) is 119 cm³/mol. The predicted octanol–water partition coefficient (Wildman–Crippen LogP) is 3.35. The van der Waals surface area contributed by atoms with E-state index in [1.165, 1.54) is 12.1 Å². The Balaban J connectivity index is 1.85. The summed E-state index contributed by atoms with van der Waals surface area (Å²) in [5.74, 6) is -4.38. The van der Waals surface area contributed by atoms with Crippen LogP contribution in [0.5, 0.6) is 0 Å². The summed E-state index contributed by atoms with van der Waals surface area (Å²) in [7, 11) is -4.69. The molecule has 1 fully saturated rings. The van der Waals surface area contributed by atoms with Gasteiger partial charge in [-0.05, 0) is 49.8 Å². The third-order valence-corrected chi connectivity index (χ3v) is 8.08. The Morgan fingerprint density at radius 2 is 1.88 bits per heavy atom. The lowest BCUT2D eigenvalue weighted by atomic mass is 9.73. The summed E-state index contributed by atoms with van der Waals surface area (Å²) in [4.78, 5) is 23.7. The average Bonchev–Trinajstić information content (AvgIpc) is 3.24. The molecule has 2 N–H and O–H groups in total. The van der Waals surface area contributed by atoms with Crippen molar-refractivity contribution < 1.29 is 26.8 Å². The molecule has 11 heteroatoms. The molecule has 0 spiro atoms. The molecule has 0 saturated heterocycles. The number of amides is 1. The molecule has 3 rings (SSSR count). The minimum Gasteiger partial charge on any atom is -0.365 e. The summed E-state index contributed by atoms with van der Waals surface area (Å²) in [6, 6.07) is 6.92. The number of aromatic nitrogens is 2. The number of nitrogens with two attached hydrogens (primary N) is 1. The molecule has 0 unspecified atom stereocenters. The lowest BCUT2D eigenvalue weighted by Crippen LogP contribution is -2.39. The van der Waals surface area contributed by atoms with Crippen LogP contribution in [0.1, 0.15) is 67.1 Å². The van der Waals surface area contributed by atoms with E-state index in [9.17, 15) is 26.8 Å². The zero-order valence-corrected chi connectivity index (χ0v) is 19.5. The van der Waals surface area contributed by atoms with Crippen LogP contribution in [0.3, 0.4) is 0 Å². The third kappa shape index (κ3) is 5.01. The van der Waals surface area contributed by atoms with Crippen LogP contribution in [0.2, 0.25) is 0 Å². The van der Waals surface area contributed by atoms with Gasteiger partial charge < -0.3 is 5.73 Å². The molecule has 1 aromatic carbocycles. The quantitative estimate of drug-likeness (QED) is 0.570. The first-order chi connectivity index (χ1) is 16.0. The molecule has 1 aliphatic carbocycles. The zero-order chi connectivity index (χ0) is 25.1. The van der Waals surface area contributed by atoms with Crippen LogP contribution in [0.4, 0.5) is 8.78 Å². The fourth-order valence-corrected chi connectivity index (χ4v) is 5.25. The molecule has 0 radical (unpaired) electrons. The van der Waals surface area contributed by atoms with Gasteiger partial charge in [-0.2, -0.15) is 19.1 Å². The maximum atomic E-state index is 12.8.